The van der Waals surface area contributed by atoms with Crippen LogP contribution < -0.4 is 0 Å². The molecule has 0 aliphatic heterocycles. The van der Waals surface area contributed by atoms with Gasteiger partial charge in [0.1, 0.15) is 5.15 Å². The summed E-state index contributed by atoms with van der Waals surface area (Å²) in [6.45, 7) is 0. The fourth-order valence-electron chi connectivity index (χ4n) is 1.11. The van der Waals surface area contributed by atoms with Crippen molar-refractivity contribution in [3.05, 3.63) is 44.6 Å². The van der Waals surface area contributed by atoms with Crippen molar-refractivity contribution in [3.63, 3.8) is 0 Å². The van der Waals surface area contributed by atoms with Crippen molar-refractivity contribution >= 4 is 43.5 Å². The maximum absolute atomic E-state index is 5.89. The average molecular weight is 348 g/mol. The van der Waals surface area contributed by atoms with Crippen LogP contribution in [0.15, 0.2) is 39.4 Å². The van der Waals surface area contributed by atoms with E-state index in [4.69, 9.17) is 11.6 Å². The number of benzene rings is 1. The molecule has 0 fully saturated rings. The zero-order chi connectivity index (χ0) is 10.8. The highest BCUT2D eigenvalue weighted by Crippen LogP contribution is 2.24. The molecule has 2 nitrogen and oxygen atoms in total. The van der Waals surface area contributed by atoms with E-state index >= 15 is 0 Å². The molecule has 2 rings (SSSR count). The molecule has 1 aromatic carbocycles. The molecule has 0 saturated carbocycles. The van der Waals surface area contributed by atoms with Gasteiger partial charge in [0.05, 0.1) is 4.47 Å². The lowest BCUT2D eigenvalue weighted by molar-refractivity contribution is 1.16. The van der Waals surface area contributed by atoms with E-state index in [9.17, 15) is 0 Å². The van der Waals surface area contributed by atoms with Gasteiger partial charge in [0.25, 0.3) is 0 Å². The molecular weight excluding hydrogens is 343 g/mol. The first-order chi connectivity index (χ1) is 7.16. The molecule has 0 saturated heterocycles. The molecule has 0 spiro atoms. The van der Waals surface area contributed by atoms with Crippen molar-refractivity contribution in [2.75, 3.05) is 0 Å². The first kappa shape index (κ1) is 11.0. The molecule has 0 amide bonds. The van der Waals surface area contributed by atoms with Crippen molar-refractivity contribution in [1.29, 1.82) is 0 Å². The average Bonchev–Trinajstić information content (AvgIpc) is 2.22. The zero-order valence-electron chi connectivity index (χ0n) is 7.42. The third kappa shape index (κ3) is 2.56. The quantitative estimate of drug-likeness (QED) is 0.717. The Labute approximate surface area is 109 Å². The molecule has 0 aliphatic rings. The normalized spacial score (nSPS) is 10.3. The number of hydrogen-bond acceptors (Lipinski definition) is 2. The van der Waals surface area contributed by atoms with Gasteiger partial charge >= 0.3 is 0 Å². The van der Waals surface area contributed by atoms with E-state index in [0.717, 1.165) is 10.0 Å². The largest absolute Gasteiger partial charge is 0.235 e. The Balaban J connectivity index is 2.50. The number of aromatic nitrogens is 2. The fraction of sp³-hybridized carbons (Fsp3) is 0. The highest BCUT2D eigenvalue weighted by Gasteiger charge is 2.04. The minimum atomic E-state index is 0.417. The lowest BCUT2D eigenvalue weighted by Crippen LogP contribution is -1.89. The van der Waals surface area contributed by atoms with Crippen LogP contribution in [-0.2, 0) is 0 Å². The zero-order valence-corrected chi connectivity index (χ0v) is 11.3. The predicted molar refractivity (Wildman–Crippen MR) is 67.9 cm³/mol. The lowest BCUT2D eigenvalue weighted by Gasteiger charge is -2.01. The summed E-state index contributed by atoms with van der Waals surface area (Å²) >= 11 is 12.5. The molecule has 0 aliphatic carbocycles. The minimum Gasteiger partial charge on any atom is -0.235 e. The molecule has 1 heterocycles. The molecule has 0 radical (unpaired) electrons. The van der Waals surface area contributed by atoms with Gasteiger partial charge in [-0.25, -0.2) is 9.97 Å². The first-order valence-corrected chi connectivity index (χ1v) is 6.07. The summed E-state index contributed by atoms with van der Waals surface area (Å²) in [6, 6.07) is 7.76. The minimum absolute atomic E-state index is 0.417. The smallest absolute Gasteiger partial charge is 0.160 e. The summed E-state index contributed by atoms with van der Waals surface area (Å²) in [6.07, 6.45) is 1.64. The van der Waals surface area contributed by atoms with Crippen molar-refractivity contribution in [3.8, 4) is 11.4 Å². The second-order valence-electron chi connectivity index (χ2n) is 2.84. The van der Waals surface area contributed by atoms with Crippen molar-refractivity contribution in [2.45, 2.75) is 0 Å². The van der Waals surface area contributed by atoms with Gasteiger partial charge in [-0.1, -0.05) is 39.7 Å². The predicted octanol–water partition coefficient (Wildman–Crippen LogP) is 4.32. The van der Waals surface area contributed by atoms with Crippen LogP contribution in [-0.4, -0.2) is 9.97 Å². The monoisotopic (exact) mass is 346 g/mol. The van der Waals surface area contributed by atoms with Crippen molar-refractivity contribution in [1.82, 2.24) is 9.97 Å². The topological polar surface area (TPSA) is 25.8 Å². The van der Waals surface area contributed by atoms with Crippen molar-refractivity contribution in [2.24, 2.45) is 0 Å². The van der Waals surface area contributed by atoms with Crippen LogP contribution in [0.5, 0.6) is 0 Å². The van der Waals surface area contributed by atoms with E-state index in [1.165, 1.54) is 0 Å². The maximum Gasteiger partial charge on any atom is 0.160 e. The van der Waals surface area contributed by atoms with Crippen LogP contribution in [0.2, 0.25) is 5.15 Å². The molecule has 1 aromatic heterocycles. The number of halogens is 3. The highest BCUT2D eigenvalue weighted by atomic mass is 79.9. The maximum atomic E-state index is 5.89. The Bertz CT molecular complexity index is 503. The first-order valence-electron chi connectivity index (χ1n) is 4.11. The summed E-state index contributed by atoms with van der Waals surface area (Å²) in [5, 5.41) is 0.417. The molecule has 5 heteroatoms. The van der Waals surface area contributed by atoms with Gasteiger partial charge in [-0.3, -0.25) is 0 Å². The van der Waals surface area contributed by atoms with Crippen LogP contribution in [0.4, 0.5) is 0 Å². The molecule has 76 valence electrons. The van der Waals surface area contributed by atoms with Crippen LogP contribution >= 0.6 is 43.5 Å². The molecule has 0 unspecified atom stereocenters. The Hall–Kier alpha value is -0.450. The van der Waals surface area contributed by atoms with Gasteiger partial charge in [-0.15, -0.1) is 0 Å². The van der Waals surface area contributed by atoms with Gasteiger partial charge in [-0.05, 0) is 28.1 Å². The number of rotatable bonds is 1. The highest BCUT2D eigenvalue weighted by molar-refractivity contribution is 9.10. The standard InChI is InChI=1S/C10H5Br2ClN2/c11-7-3-1-2-6(4-7)10-14-5-8(12)9(13)15-10/h1-5H. The molecular formula is C10H5Br2ClN2. The van der Waals surface area contributed by atoms with E-state index in [1.54, 1.807) is 6.20 Å². The van der Waals surface area contributed by atoms with Gasteiger partial charge in [0.15, 0.2) is 5.82 Å². The Morgan fingerprint density at radius 3 is 2.67 bits per heavy atom. The summed E-state index contributed by atoms with van der Waals surface area (Å²) in [5.41, 5.74) is 0.929. The molecule has 0 bridgehead atoms. The van der Waals surface area contributed by atoms with Gasteiger partial charge in [0.2, 0.25) is 0 Å². The molecule has 2 aromatic rings. The molecule has 0 N–H and O–H groups in total. The summed E-state index contributed by atoms with van der Waals surface area (Å²) in [7, 11) is 0. The van der Waals surface area contributed by atoms with E-state index in [-0.39, 0.29) is 0 Å². The second-order valence-corrected chi connectivity index (χ2v) is 4.97. The van der Waals surface area contributed by atoms with E-state index in [2.05, 4.69) is 41.8 Å². The summed E-state index contributed by atoms with van der Waals surface area (Å²) in [4.78, 5) is 8.36. The van der Waals surface area contributed by atoms with Gasteiger partial charge < -0.3 is 0 Å². The van der Waals surface area contributed by atoms with Crippen molar-refractivity contribution < 1.29 is 0 Å². The van der Waals surface area contributed by atoms with Crippen LogP contribution in [0.1, 0.15) is 0 Å². The Morgan fingerprint density at radius 1 is 1.20 bits per heavy atom. The second kappa shape index (κ2) is 4.60. The Kier molecular flexibility index (Phi) is 3.38. The third-order valence-electron chi connectivity index (χ3n) is 1.78. The molecule has 0 atom stereocenters. The van der Waals surface area contributed by atoms with Crippen LogP contribution in [0.3, 0.4) is 0 Å². The third-order valence-corrected chi connectivity index (χ3v) is 3.37. The lowest BCUT2D eigenvalue weighted by atomic mass is 10.2. The summed E-state index contributed by atoms with van der Waals surface area (Å²) < 4.78 is 1.69. The van der Waals surface area contributed by atoms with E-state index < -0.39 is 0 Å². The van der Waals surface area contributed by atoms with Crippen LogP contribution in [0, 0.1) is 0 Å². The Morgan fingerprint density at radius 2 is 2.00 bits per heavy atom. The fourth-order valence-corrected chi connectivity index (χ4v) is 1.83. The van der Waals surface area contributed by atoms with Crippen LogP contribution in [0.25, 0.3) is 11.4 Å². The van der Waals surface area contributed by atoms with Gasteiger partial charge in [0, 0.05) is 16.2 Å². The number of hydrogen-bond donors (Lipinski definition) is 0. The SMILES string of the molecule is Clc1nc(-c2cccc(Br)c2)ncc1Br. The van der Waals surface area contributed by atoms with E-state index in [1.807, 2.05) is 24.3 Å². The number of nitrogens with zero attached hydrogens (tertiary/aromatic N) is 2. The molecule has 15 heavy (non-hydrogen) atoms. The van der Waals surface area contributed by atoms with E-state index in [0.29, 0.717) is 15.5 Å². The van der Waals surface area contributed by atoms with Gasteiger partial charge in [-0.2, -0.15) is 0 Å². The summed E-state index contributed by atoms with van der Waals surface area (Å²) in [5.74, 6) is 0.615.